The molecular formula is C25H28N2O. The van der Waals surface area contributed by atoms with Gasteiger partial charge in [-0.3, -0.25) is 4.79 Å². The van der Waals surface area contributed by atoms with Crippen molar-refractivity contribution in [1.29, 1.82) is 0 Å². The maximum Gasteiger partial charge on any atom is 0.255 e. The Hall–Kier alpha value is -2.91. The van der Waals surface area contributed by atoms with Gasteiger partial charge in [-0.25, -0.2) is 0 Å². The molecule has 0 heterocycles. The van der Waals surface area contributed by atoms with Gasteiger partial charge in [-0.2, -0.15) is 0 Å². The van der Waals surface area contributed by atoms with E-state index in [0.29, 0.717) is 18.7 Å². The van der Waals surface area contributed by atoms with Gasteiger partial charge in [0.15, 0.2) is 0 Å². The molecule has 0 aromatic heterocycles. The van der Waals surface area contributed by atoms with Crippen LogP contribution >= 0.6 is 0 Å². The SMILES string of the molecule is CC(C)C(CN)N(Cc1ccccc1)C(=O)c1ccccc1-c1ccccc1. The summed E-state index contributed by atoms with van der Waals surface area (Å²) < 4.78 is 0. The molecule has 0 saturated carbocycles. The maximum atomic E-state index is 13.7. The highest BCUT2D eigenvalue weighted by molar-refractivity contribution is 6.01. The average Bonchev–Trinajstić information content (AvgIpc) is 2.74. The van der Waals surface area contributed by atoms with Crippen molar-refractivity contribution in [3.8, 4) is 11.1 Å². The van der Waals surface area contributed by atoms with E-state index in [4.69, 9.17) is 5.73 Å². The predicted octanol–water partition coefficient (Wildman–Crippen LogP) is 4.98. The molecule has 0 radical (unpaired) electrons. The summed E-state index contributed by atoms with van der Waals surface area (Å²) in [5, 5.41) is 0. The van der Waals surface area contributed by atoms with Gasteiger partial charge < -0.3 is 10.6 Å². The lowest BCUT2D eigenvalue weighted by Gasteiger charge is -2.34. The number of hydrogen-bond acceptors (Lipinski definition) is 2. The Bertz CT molecular complexity index is 891. The first-order chi connectivity index (χ1) is 13.6. The zero-order valence-corrected chi connectivity index (χ0v) is 16.6. The van der Waals surface area contributed by atoms with Crippen molar-refractivity contribution in [2.75, 3.05) is 6.54 Å². The first-order valence-corrected chi connectivity index (χ1v) is 9.81. The van der Waals surface area contributed by atoms with E-state index in [2.05, 4.69) is 26.0 Å². The van der Waals surface area contributed by atoms with E-state index in [9.17, 15) is 4.79 Å². The predicted molar refractivity (Wildman–Crippen MR) is 116 cm³/mol. The molecule has 1 amide bonds. The van der Waals surface area contributed by atoms with Crippen molar-refractivity contribution < 1.29 is 4.79 Å². The number of amides is 1. The van der Waals surface area contributed by atoms with E-state index in [1.807, 2.05) is 77.7 Å². The maximum absolute atomic E-state index is 13.7. The number of benzene rings is 3. The summed E-state index contributed by atoms with van der Waals surface area (Å²) in [7, 11) is 0. The topological polar surface area (TPSA) is 46.3 Å². The lowest BCUT2D eigenvalue weighted by Crippen LogP contribution is -2.47. The summed E-state index contributed by atoms with van der Waals surface area (Å²) in [5.41, 5.74) is 9.91. The van der Waals surface area contributed by atoms with Gasteiger partial charge in [0.25, 0.3) is 5.91 Å². The Kier molecular flexibility index (Phi) is 6.62. The second-order valence-corrected chi connectivity index (χ2v) is 7.38. The van der Waals surface area contributed by atoms with E-state index in [-0.39, 0.29) is 17.9 Å². The Morgan fingerprint density at radius 3 is 2.04 bits per heavy atom. The fourth-order valence-electron chi connectivity index (χ4n) is 3.57. The highest BCUT2D eigenvalue weighted by Crippen LogP contribution is 2.27. The van der Waals surface area contributed by atoms with Crippen LogP contribution in [0.3, 0.4) is 0 Å². The second kappa shape index (κ2) is 9.34. The van der Waals surface area contributed by atoms with Gasteiger partial charge in [0, 0.05) is 24.7 Å². The molecule has 0 aliphatic heterocycles. The third-order valence-electron chi connectivity index (χ3n) is 5.11. The summed E-state index contributed by atoms with van der Waals surface area (Å²) in [6.07, 6.45) is 0. The third kappa shape index (κ3) is 4.49. The molecule has 28 heavy (non-hydrogen) atoms. The number of rotatable bonds is 7. The molecule has 0 bridgehead atoms. The van der Waals surface area contributed by atoms with Crippen LogP contribution in [0.2, 0.25) is 0 Å². The molecule has 144 valence electrons. The normalized spacial score (nSPS) is 12.0. The van der Waals surface area contributed by atoms with Crippen LogP contribution < -0.4 is 5.73 Å². The van der Waals surface area contributed by atoms with E-state index in [0.717, 1.165) is 16.7 Å². The second-order valence-electron chi connectivity index (χ2n) is 7.38. The van der Waals surface area contributed by atoms with Gasteiger partial charge in [0.2, 0.25) is 0 Å². The van der Waals surface area contributed by atoms with E-state index in [1.54, 1.807) is 0 Å². The van der Waals surface area contributed by atoms with Crippen molar-refractivity contribution in [1.82, 2.24) is 4.90 Å². The molecule has 0 aliphatic rings. The smallest absolute Gasteiger partial charge is 0.255 e. The van der Waals surface area contributed by atoms with Crippen molar-refractivity contribution in [2.45, 2.75) is 26.4 Å². The molecule has 0 saturated heterocycles. The Balaban J connectivity index is 2.02. The minimum Gasteiger partial charge on any atom is -0.330 e. The number of carbonyl (C=O) groups excluding carboxylic acids is 1. The highest BCUT2D eigenvalue weighted by atomic mass is 16.2. The van der Waals surface area contributed by atoms with Crippen LogP contribution in [0.25, 0.3) is 11.1 Å². The van der Waals surface area contributed by atoms with Crippen molar-refractivity contribution in [2.24, 2.45) is 11.7 Å². The van der Waals surface area contributed by atoms with Crippen LogP contribution in [-0.4, -0.2) is 23.4 Å². The number of nitrogens with zero attached hydrogens (tertiary/aromatic N) is 1. The Morgan fingerprint density at radius 2 is 1.43 bits per heavy atom. The molecule has 1 atom stereocenters. The Labute approximate surface area is 167 Å². The van der Waals surface area contributed by atoms with Crippen LogP contribution in [0, 0.1) is 5.92 Å². The zero-order chi connectivity index (χ0) is 19.9. The zero-order valence-electron chi connectivity index (χ0n) is 16.6. The summed E-state index contributed by atoms with van der Waals surface area (Å²) in [5.74, 6) is 0.286. The first kappa shape index (κ1) is 19.8. The van der Waals surface area contributed by atoms with Crippen molar-refractivity contribution in [3.63, 3.8) is 0 Å². The van der Waals surface area contributed by atoms with Gasteiger partial charge in [0.05, 0.1) is 0 Å². The number of carbonyl (C=O) groups is 1. The molecule has 0 fully saturated rings. The largest absolute Gasteiger partial charge is 0.330 e. The van der Waals surface area contributed by atoms with Gasteiger partial charge in [-0.05, 0) is 28.7 Å². The van der Waals surface area contributed by atoms with Crippen LogP contribution in [0.5, 0.6) is 0 Å². The quantitative estimate of drug-likeness (QED) is 0.636. The molecule has 2 N–H and O–H groups in total. The van der Waals surface area contributed by atoms with E-state index >= 15 is 0 Å². The number of nitrogens with two attached hydrogens (primary N) is 1. The fourth-order valence-corrected chi connectivity index (χ4v) is 3.57. The lowest BCUT2D eigenvalue weighted by atomic mass is 9.96. The van der Waals surface area contributed by atoms with Crippen LogP contribution in [0.15, 0.2) is 84.9 Å². The Morgan fingerprint density at radius 1 is 0.857 bits per heavy atom. The van der Waals surface area contributed by atoms with Gasteiger partial charge in [-0.15, -0.1) is 0 Å². The summed E-state index contributed by atoms with van der Waals surface area (Å²) in [6, 6.07) is 27.9. The molecule has 3 aromatic rings. The van der Waals surface area contributed by atoms with Gasteiger partial charge in [0.1, 0.15) is 0 Å². The number of hydrogen-bond donors (Lipinski definition) is 1. The monoisotopic (exact) mass is 372 g/mol. The molecule has 3 aromatic carbocycles. The minimum atomic E-state index is -0.0310. The van der Waals surface area contributed by atoms with Crippen molar-refractivity contribution in [3.05, 3.63) is 96.1 Å². The summed E-state index contributed by atoms with van der Waals surface area (Å²) >= 11 is 0. The first-order valence-electron chi connectivity index (χ1n) is 9.81. The summed E-state index contributed by atoms with van der Waals surface area (Å²) in [4.78, 5) is 15.7. The molecule has 3 nitrogen and oxygen atoms in total. The molecule has 3 heteroatoms. The minimum absolute atomic E-state index is 0.0208. The van der Waals surface area contributed by atoms with Gasteiger partial charge >= 0.3 is 0 Å². The van der Waals surface area contributed by atoms with E-state index < -0.39 is 0 Å². The molecule has 0 spiro atoms. The fraction of sp³-hybridized carbons (Fsp3) is 0.240. The van der Waals surface area contributed by atoms with Crippen molar-refractivity contribution >= 4 is 5.91 Å². The molecular weight excluding hydrogens is 344 g/mol. The lowest BCUT2D eigenvalue weighted by molar-refractivity contribution is 0.0615. The van der Waals surface area contributed by atoms with Gasteiger partial charge in [-0.1, -0.05) is 92.7 Å². The standard InChI is InChI=1S/C25H28N2O/c1-19(2)24(17-26)27(18-20-11-5-3-6-12-20)25(28)23-16-10-9-15-22(23)21-13-7-4-8-14-21/h3-16,19,24H,17-18,26H2,1-2H3. The molecule has 0 aliphatic carbocycles. The molecule has 3 rings (SSSR count). The third-order valence-corrected chi connectivity index (χ3v) is 5.11. The summed E-state index contributed by atoms with van der Waals surface area (Å²) in [6.45, 7) is 5.21. The average molecular weight is 373 g/mol. The highest BCUT2D eigenvalue weighted by Gasteiger charge is 2.27. The van der Waals surface area contributed by atoms with Crippen LogP contribution in [0.1, 0.15) is 29.8 Å². The molecule has 1 unspecified atom stereocenters. The van der Waals surface area contributed by atoms with Crippen LogP contribution in [-0.2, 0) is 6.54 Å². The van der Waals surface area contributed by atoms with E-state index in [1.165, 1.54) is 0 Å². The van der Waals surface area contributed by atoms with Crippen LogP contribution in [0.4, 0.5) is 0 Å².